The fraction of sp³-hybridized carbons (Fsp3) is 0.138. The topological polar surface area (TPSA) is 105 Å². The van der Waals surface area contributed by atoms with Crippen molar-refractivity contribution in [2.75, 3.05) is 26.3 Å². The van der Waals surface area contributed by atoms with Crippen molar-refractivity contribution < 1.29 is 9.53 Å². The molecule has 1 N–H and O–H groups in total. The zero-order valence-electron chi connectivity index (χ0n) is 20.9. The molecule has 2 aromatic heterocycles. The van der Waals surface area contributed by atoms with E-state index in [-0.39, 0.29) is 17.2 Å². The Kier molecular flexibility index (Phi) is 6.94. The first kappa shape index (κ1) is 24.7. The number of benzene rings is 3. The van der Waals surface area contributed by atoms with Gasteiger partial charge in [-0.3, -0.25) is 14.7 Å². The number of carbonyl (C=O) groups excluding carboxylic acids is 1. The molecule has 0 spiro atoms. The van der Waals surface area contributed by atoms with Crippen LogP contribution in [0.3, 0.4) is 0 Å². The van der Waals surface area contributed by atoms with E-state index in [1.165, 1.54) is 16.0 Å². The van der Waals surface area contributed by atoms with Gasteiger partial charge in [0.1, 0.15) is 0 Å². The molecule has 0 aliphatic carbocycles. The summed E-state index contributed by atoms with van der Waals surface area (Å²) >= 11 is 1.35. The molecule has 1 aliphatic heterocycles. The van der Waals surface area contributed by atoms with Crippen molar-refractivity contribution in [3.05, 3.63) is 106 Å². The van der Waals surface area contributed by atoms with E-state index in [4.69, 9.17) is 4.74 Å². The second-order valence-corrected chi connectivity index (χ2v) is 9.68. The largest absolute Gasteiger partial charge is 0.378 e. The van der Waals surface area contributed by atoms with Crippen molar-refractivity contribution in [3.63, 3.8) is 0 Å². The van der Waals surface area contributed by atoms with Gasteiger partial charge >= 0.3 is 5.56 Å². The molecule has 0 radical (unpaired) electrons. The molecule has 3 heterocycles. The number of ether oxygens (including phenoxy) is 1. The van der Waals surface area contributed by atoms with Crippen LogP contribution in [0.15, 0.2) is 105 Å². The monoisotopic (exact) mass is 536 g/mol. The van der Waals surface area contributed by atoms with Crippen LogP contribution in [-0.4, -0.2) is 51.9 Å². The number of rotatable bonds is 6. The molecule has 1 amide bonds. The molecule has 10 heteroatoms. The van der Waals surface area contributed by atoms with Crippen LogP contribution in [0.1, 0.15) is 10.4 Å². The SMILES string of the molecule is O=C(c1ccccc1N=Nc1c(-c2ccccc2)[nH]n(-c2nc(-c3ccccc3)cs2)c1=O)N1CCOCC1. The Morgan fingerprint density at radius 1 is 0.872 bits per heavy atom. The third kappa shape index (κ3) is 5.07. The standard InChI is InChI=1S/C29H24N6O3S/c36-27(34-15-17-38-18-16-34)22-13-7-8-14-23(22)31-32-26-25(21-11-5-2-6-12-21)33-35(28(26)37)29-30-24(19-39-29)20-9-3-1-4-10-20/h1-14,19,33H,15-18H2. The summed E-state index contributed by atoms with van der Waals surface area (Å²) in [7, 11) is 0. The number of azo groups is 1. The van der Waals surface area contributed by atoms with Gasteiger partial charge in [0.15, 0.2) is 5.69 Å². The second-order valence-electron chi connectivity index (χ2n) is 8.85. The van der Waals surface area contributed by atoms with E-state index in [1.807, 2.05) is 66.0 Å². The number of hydrogen-bond acceptors (Lipinski definition) is 7. The van der Waals surface area contributed by atoms with Crippen molar-refractivity contribution in [2.45, 2.75) is 0 Å². The van der Waals surface area contributed by atoms with Crippen LogP contribution < -0.4 is 5.56 Å². The van der Waals surface area contributed by atoms with Crippen LogP contribution in [0.4, 0.5) is 11.4 Å². The lowest BCUT2D eigenvalue weighted by Crippen LogP contribution is -2.40. The van der Waals surface area contributed by atoms with Gasteiger partial charge in [-0.1, -0.05) is 72.8 Å². The van der Waals surface area contributed by atoms with Crippen molar-refractivity contribution in [3.8, 4) is 27.6 Å². The van der Waals surface area contributed by atoms with E-state index >= 15 is 0 Å². The van der Waals surface area contributed by atoms with E-state index in [9.17, 15) is 9.59 Å². The highest BCUT2D eigenvalue weighted by Gasteiger charge is 2.22. The van der Waals surface area contributed by atoms with Gasteiger partial charge in [0.2, 0.25) is 5.13 Å². The van der Waals surface area contributed by atoms with Gasteiger partial charge in [-0.25, -0.2) is 4.98 Å². The predicted molar refractivity (Wildman–Crippen MR) is 150 cm³/mol. The zero-order valence-corrected chi connectivity index (χ0v) is 21.7. The minimum Gasteiger partial charge on any atom is -0.378 e. The fourth-order valence-electron chi connectivity index (χ4n) is 4.35. The number of aromatic nitrogens is 3. The van der Waals surface area contributed by atoms with Crippen LogP contribution in [0, 0.1) is 0 Å². The zero-order chi connectivity index (χ0) is 26.6. The van der Waals surface area contributed by atoms with E-state index in [2.05, 4.69) is 20.3 Å². The number of carbonyl (C=O) groups is 1. The summed E-state index contributed by atoms with van der Waals surface area (Å²) in [6, 6.07) is 26.3. The van der Waals surface area contributed by atoms with Crippen molar-refractivity contribution in [1.82, 2.24) is 19.7 Å². The maximum absolute atomic E-state index is 13.7. The normalized spacial score (nSPS) is 13.7. The Morgan fingerprint density at radius 3 is 2.28 bits per heavy atom. The summed E-state index contributed by atoms with van der Waals surface area (Å²) in [4.78, 5) is 33.3. The van der Waals surface area contributed by atoms with Gasteiger partial charge in [0, 0.05) is 29.6 Å². The first-order valence-electron chi connectivity index (χ1n) is 12.5. The number of H-pyrrole nitrogens is 1. The van der Waals surface area contributed by atoms with Crippen LogP contribution in [-0.2, 0) is 4.74 Å². The highest BCUT2D eigenvalue weighted by Crippen LogP contribution is 2.31. The lowest BCUT2D eigenvalue weighted by Gasteiger charge is -2.27. The molecular weight excluding hydrogens is 512 g/mol. The summed E-state index contributed by atoms with van der Waals surface area (Å²) in [5.74, 6) is -0.140. The molecule has 0 bridgehead atoms. The molecule has 0 unspecified atom stereocenters. The van der Waals surface area contributed by atoms with Gasteiger partial charge in [-0.2, -0.15) is 4.68 Å². The number of nitrogens with one attached hydrogen (secondary N) is 1. The number of amides is 1. The van der Waals surface area contributed by atoms with Gasteiger partial charge < -0.3 is 9.64 Å². The summed E-state index contributed by atoms with van der Waals surface area (Å²) in [6.07, 6.45) is 0. The Hall–Kier alpha value is -4.67. The third-order valence-electron chi connectivity index (χ3n) is 6.37. The minimum atomic E-state index is -0.386. The number of morpholine rings is 1. The first-order chi connectivity index (χ1) is 19.2. The molecule has 5 aromatic rings. The van der Waals surface area contributed by atoms with Gasteiger partial charge in [-0.15, -0.1) is 21.6 Å². The molecule has 0 atom stereocenters. The van der Waals surface area contributed by atoms with Gasteiger partial charge in [-0.05, 0) is 12.1 Å². The van der Waals surface area contributed by atoms with Crippen LogP contribution in [0.2, 0.25) is 0 Å². The van der Waals surface area contributed by atoms with Crippen LogP contribution in [0.25, 0.3) is 27.6 Å². The third-order valence-corrected chi connectivity index (χ3v) is 7.20. The van der Waals surface area contributed by atoms with Gasteiger partial charge in [0.25, 0.3) is 5.91 Å². The molecule has 1 aliphatic rings. The van der Waals surface area contributed by atoms with Crippen LogP contribution >= 0.6 is 11.3 Å². The van der Waals surface area contributed by atoms with Crippen molar-refractivity contribution in [2.24, 2.45) is 10.2 Å². The Labute approximate surface area is 228 Å². The maximum atomic E-state index is 13.7. The van der Waals surface area contributed by atoms with E-state index in [0.717, 1.165) is 16.8 Å². The summed E-state index contributed by atoms with van der Waals surface area (Å²) < 4.78 is 6.76. The molecule has 1 fully saturated rings. The predicted octanol–water partition coefficient (Wildman–Crippen LogP) is 5.84. The number of thiazole rings is 1. The number of hydrogen-bond donors (Lipinski definition) is 1. The molecule has 194 valence electrons. The average molecular weight is 537 g/mol. The first-order valence-corrected chi connectivity index (χ1v) is 13.4. The van der Waals surface area contributed by atoms with Gasteiger partial charge in [0.05, 0.1) is 35.9 Å². The summed E-state index contributed by atoms with van der Waals surface area (Å²) in [5.41, 5.74) is 3.59. The van der Waals surface area contributed by atoms with Crippen LogP contribution in [0.5, 0.6) is 0 Å². The quantitative estimate of drug-likeness (QED) is 0.275. The Balaban J connectivity index is 1.40. The Bertz CT molecular complexity index is 1690. The Morgan fingerprint density at radius 2 is 1.54 bits per heavy atom. The second kappa shape index (κ2) is 11.0. The maximum Gasteiger partial charge on any atom is 0.301 e. The van der Waals surface area contributed by atoms with E-state index in [1.54, 1.807) is 29.2 Å². The van der Waals surface area contributed by atoms with Crippen molar-refractivity contribution in [1.29, 1.82) is 0 Å². The summed E-state index contributed by atoms with van der Waals surface area (Å²) in [6.45, 7) is 2.04. The number of aromatic amines is 1. The lowest BCUT2D eigenvalue weighted by molar-refractivity contribution is 0.0303. The average Bonchev–Trinajstić information content (AvgIpc) is 3.62. The van der Waals surface area contributed by atoms with E-state index < -0.39 is 0 Å². The van der Waals surface area contributed by atoms with E-state index in [0.29, 0.717) is 48.4 Å². The molecule has 3 aromatic carbocycles. The lowest BCUT2D eigenvalue weighted by atomic mass is 10.1. The smallest absolute Gasteiger partial charge is 0.301 e. The molecule has 6 rings (SSSR count). The molecule has 0 saturated carbocycles. The molecule has 1 saturated heterocycles. The highest BCUT2D eigenvalue weighted by molar-refractivity contribution is 7.12. The highest BCUT2D eigenvalue weighted by atomic mass is 32.1. The molecule has 39 heavy (non-hydrogen) atoms. The molecule has 9 nitrogen and oxygen atoms in total. The minimum absolute atomic E-state index is 0.131. The summed E-state index contributed by atoms with van der Waals surface area (Å²) in [5, 5.41) is 14.4. The van der Waals surface area contributed by atoms with Crippen molar-refractivity contribution >= 4 is 28.6 Å². The number of nitrogens with zero attached hydrogens (tertiary/aromatic N) is 5. The fourth-order valence-corrected chi connectivity index (χ4v) is 5.14. The molecular formula is C29H24N6O3S.